The number of benzene rings is 2. The van der Waals surface area contributed by atoms with Crippen molar-refractivity contribution in [1.29, 1.82) is 0 Å². The fourth-order valence-electron chi connectivity index (χ4n) is 1.98. The number of hydrogen-bond acceptors (Lipinski definition) is 4. The van der Waals surface area contributed by atoms with Crippen molar-refractivity contribution < 1.29 is 19.4 Å². The number of ether oxygens (including phenoxy) is 2. The normalized spacial score (nSPS) is 10.4. The average molecular weight is 343 g/mol. The van der Waals surface area contributed by atoms with Crippen LogP contribution in [0.5, 0.6) is 17.2 Å². The molecule has 122 valence electrons. The number of ketones is 1. The van der Waals surface area contributed by atoms with Crippen molar-refractivity contribution in [1.82, 2.24) is 0 Å². The first kappa shape index (κ1) is 17.5. The molecule has 4 nitrogen and oxygen atoms in total. The van der Waals surface area contributed by atoms with E-state index in [9.17, 15) is 9.90 Å². The van der Waals surface area contributed by atoms with Crippen LogP contribution in [0.4, 0.5) is 0 Å². The first-order chi connectivity index (χ1) is 11.5. The number of phenolic OH excluding ortho intramolecular Hbond substituents is 1. The van der Waals surface area contributed by atoms with Crippen LogP contribution in [-0.2, 0) is 0 Å². The Labute approximate surface area is 145 Å². The molecule has 0 aromatic heterocycles. The van der Waals surface area contributed by atoms with Crippen molar-refractivity contribution in [3.63, 3.8) is 0 Å². The van der Waals surface area contributed by atoms with Crippen molar-refractivity contribution in [2.24, 2.45) is 0 Å². The number of methoxy groups -OCH3 is 1. The highest BCUT2D eigenvalue weighted by Crippen LogP contribution is 2.36. The summed E-state index contributed by atoms with van der Waals surface area (Å²) < 4.78 is 10.6. The Kier molecular flexibility index (Phi) is 5.89. The molecule has 0 spiro atoms. The number of carbonyl (C=O) groups excluding carboxylic acids is 1. The van der Waals surface area contributed by atoms with Crippen molar-refractivity contribution in [2.45, 2.75) is 0 Å². The quantitative estimate of drug-likeness (QED) is 0.490. The number of terminal acetylenes is 1. The fourth-order valence-corrected chi connectivity index (χ4v) is 2.26. The largest absolute Gasteiger partial charge is 0.508 e. The lowest BCUT2D eigenvalue weighted by molar-refractivity contribution is 0.104. The molecule has 0 amide bonds. The zero-order chi connectivity index (χ0) is 17.5. The van der Waals surface area contributed by atoms with Gasteiger partial charge in [0.1, 0.15) is 12.4 Å². The van der Waals surface area contributed by atoms with Crippen LogP contribution in [0.2, 0.25) is 5.02 Å². The number of hydrogen-bond donors (Lipinski definition) is 1. The summed E-state index contributed by atoms with van der Waals surface area (Å²) in [6.45, 7) is 0.0740. The molecule has 2 rings (SSSR count). The zero-order valence-corrected chi connectivity index (χ0v) is 13.7. The fraction of sp³-hybridized carbons (Fsp3) is 0.105. The third kappa shape index (κ3) is 4.31. The van der Waals surface area contributed by atoms with Crippen molar-refractivity contribution >= 4 is 23.5 Å². The van der Waals surface area contributed by atoms with Crippen molar-refractivity contribution in [2.75, 3.05) is 13.7 Å². The number of carbonyl (C=O) groups is 1. The summed E-state index contributed by atoms with van der Waals surface area (Å²) in [4.78, 5) is 12.1. The van der Waals surface area contributed by atoms with Crippen molar-refractivity contribution in [3.05, 3.63) is 58.6 Å². The molecular weight excluding hydrogens is 328 g/mol. The highest BCUT2D eigenvalue weighted by molar-refractivity contribution is 6.32. The maximum atomic E-state index is 12.1. The van der Waals surface area contributed by atoms with Gasteiger partial charge in [0.2, 0.25) is 0 Å². The topological polar surface area (TPSA) is 55.8 Å². The lowest BCUT2D eigenvalue weighted by Crippen LogP contribution is -1.98. The maximum absolute atomic E-state index is 12.1. The van der Waals surface area contributed by atoms with Gasteiger partial charge in [-0.05, 0) is 48.0 Å². The molecule has 5 heteroatoms. The van der Waals surface area contributed by atoms with Gasteiger partial charge in [-0.2, -0.15) is 0 Å². The molecule has 0 fully saturated rings. The molecule has 1 N–H and O–H groups in total. The van der Waals surface area contributed by atoms with Gasteiger partial charge < -0.3 is 14.6 Å². The molecule has 0 aliphatic carbocycles. The van der Waals surface area contributed by atoms with Crippen LogP contribution in [0, 0.1) is 12.3 Å². The first-order valence-corrected chi connectivity index (χ1v) is 7.38. The molecule has 0 aliphatic rings. The molecule has 0 saturated heterocycles. The number of rotatable bonds is 6. The summed E-state index contributed by atoms with van der Waals surface area (Å²) in [5, 5.41) is 9.57. The summed E-state index contributed by atoms with van der Waals surface area (Å²) in [6, 6.07) is 9.35. The molecule has 0 bridgehead atoms. The minimum Gasteiger partial charge on any atom is -0.508 e. The van der Waals surface area contributed by atoms with E-state index in [-0.39, 0.29) is 18.1 Å². The second kappa shape index (κ2) is 8.09. The van der Waals surface area contributed by atoms with Crippen LogP contribution in [0.25, 0.3) is 6.08 Å². The highest BCUT2D eigenvalue weighted by atomic mass is 35.5. The minimum atomic E-state index is -0.197. The van der Waals surface area contributed by atoms with Crippen molar-refractivity contribution in [3.8, 4) is 29.6 Å². The number of aromatic hydroxyl groups is 1. The predicted molar refractivity (Wildman–Crippen MR) is 93.8 cm³/mol. The van der Waals surface area contributed by atoms with Gasteiger partial charge in [0, 0.05) is 5.56 Å². The van der Waals surface area contributed by atoms with E-state index in [2.05, 4.69) is 5.92 Å². The number of phenols is 1. The summed E-state index contributed by atoms with van der Waals surface area (Å²) in [6.07, 6.45) is 8.21. The van der Waals surface area contributed by atoms with E-state index in [0.717, 1.165) is 0 Å². The first-order valence-electron chi connectivity index (χ1n) is 7.00. The van der Waals surface area contributed by atoms with E-state index in [4.69, 9.17) is 27.5 Å². The molecule has 0 heterocycles. The molecule has 0 unspecified atom stereocenters. The Bertz CT molecular complexity index is 801. The van der Waals surface area contributed by atoms with E-state index < -0.39 is 0 Å². The second-order valence-corrected chi connectivity index (χ2v) is 5.18. The summed E-state index contributed by atoms with van der Waals surface area (Å²) in [7, 11) is 1.49. The second-order valence-electron chi connectivity index (χ2n) is 4.77. The van der Waals surface area contributed by atoms with E-state index >= 15 is 0 Å². The maximum Gasteiger partial charge on any atom is 0.185 e. The molecule has 0 atom stereocenters. The van der Waals surface area contributed by atoms with Crippen LogP contribution in [0.1, 0.15) is 15.9 Å². The predicted octanol–water partition coefficient (Wildman–Crippen LogP) is 3.96. The molecule has 2 aromatic rings. The van der Waals surface area contributed by atoms with Crippen LogP contribution in [0.3, 0.4) is 0 Å². The average Bonchev–Trinajstić information content (AvgIpc) is 2.58. The van der Waals surface area contributed by atoms with E-state index in [1.165, 1.54) is 25.3 Å². The van der Waals surface area contributed by atoms with Gasteiger partial charge in [-0.15, -0.1) is 6.42 Å². The van der Waals surface area contributed by atoms with Crippen LogP contribution >= 0.6 is 11.6 Å². The Balaban J connectivity index is 2.23. The smallest absolute Gasteiger partial charge is 0.185 e. The van der Waals surface area contributed by atoms with Gasteiger partial charge in [0.05, 0.1) is 12.1 Å². The van der Waals surface area contributed by atoms with Gasteiger partial charge >= 0.3 is 0 Å². The Morgan fingerprint density at radius 3 is 2.67 bits per heavy atom. The van der Waals surface area contributed by atoms with Gasteiger partial charge in [-0.25, -0.2) is 0 Å². The molecule has 2 aromatic carbocycles. The third-order valence-corrected chi connectivity index (χ3v) is 3.41. The van der Waals surface area contributed by atoms with Gasteiger partial charge in [-0.3, -0.25) is 4.79 Å². The number of allylic oxidation sites excluding steroid dienone is 1. The monoisotopic (exact) mass is 342 g/mol. The molecule has 24 heavy (non-hydrogen) atoms. The Hall–Kier alpha value is -2.90. The summed E-state index contributed by atoms with van der Waals surface area (Å²) in [5.41, 5.74) is 1.15. The van der Waals surface area contributed by atoms with Gasteiger partial charge in [-0.1, -0.05) is 23.6 Å². The lowest BCUT2D eigenvalue weighted by Gasteiger charge is -2.11. The summed E-state index contributed by atoms with van der Waals surface area (Å²) >= 11 is 6.18. The number of halogens is 1. The van der Waals surface area contributed by atoms with E-state index in [1.807, 2.05) is 0 Å². The van der Waals surface area contributed by atoms with Gasteiger partial charge in [0.25, 0.3) is 0 Å². The van der Waals surface area contributed by atoms with E-state index in [0.29, 0.717) is 27.6 Å². The minimum absolute atomic E-state index is 0.0740. The SMILES string of the molecule is C#CCOc1c(Cl)cc(/C=C/C(=O)c2ccc(O)cc2)cc1OC. The highest BCUT2D eigenvalue weighted by Gasteiger charge is 2.11. The zero-order valence-electron chi connectivity index (χ0n) is 13.0. The lowest BCUT2D eigenvalue weighted by atomic mass is 10.1. The van der Waals surface area contributed by atoms with Crippen LogP contribution < -0.4 is 9.47 Å². The van der Waals surface area contributed by atoms with Crippen LogP contribution in [-0.4, -0.2) is 24.6 Å². The Morgan fingerprint density at radius 1 is 1.33 bits per heavy atom. The van der Waals surface area contributed by atoms with E-state index in [1.54, 1.807) is 30.3 Å². The molecule has 0 radical (unpaired) electrons. The van der Waals surface area contributed by atoms with Gasteiger partial charge in [0.15, 0.2) is 17.3 Å². The third-order valence-electron chi connectivity index (χ3n) is 3.13. The molecule has 0 aliphatic heterocycles. The molecular formula is C19H15ClO4. The van der Waals surface area contributed by atoms with Crippen LogP contribution in [0.15, 0.2) is 42.5 Å². The Morgan fingerprint density at radius 2 is 2.04 bits per heavy atom. The molecule has 0 saturated carbocycles. The standard InChI is InChI=1S/C19H15ClO4/c1-3-10-24-19-16(20)11-13(12-18(19)23-2)4-9-17(22)14-5-7-15(21)8-6-14/h1,4-9,11-12,21H,10H2,2H3/b9-4+. The summed E-state index contributed by atoms with van der Waals surface area (Å²) in [5.74, 6) is 3.05.